The lowest BCUT2D eigenvalue weighted by molar-refractivity contribution is 0.0931. The molecule has 0 atom stereocenters. The molecule has 0 aromatic carbocycles. The first-order chi connectivity index (χ1) is 6.66. The van der Waals surface area contributed by atoms with Crippen molar-refractivity contribution >= 4 is 5.91 Å². The highest BCUT2D eigenvalue weighted by Crippen LogP contribution is 2.07. The Kier molecular flexibility index (Phi) is 3.64. The van der Waals surface area contributed by atoms with Gasteiger partial charge in [0.05, 0.1) is 6.61 Å². The Balaban J connectivity index is 2.56. The van der Waals surface area contributed by atoms with Crippen molar-refractivity contribution in [3.05, 3.63) is 17.0 Å². The number of methoxy groups -OCH3 is 1. The van der Waals surface area contributed by atoms with E-state index in [2.05, 4.69) is 15.5 Å². The Labute approximate surface area is 82.8 Å². The highest BCUT2D eigenvalue weighted by Gasteiger charge is 2.13. The van der Waals surface area contributed by atoms with Gasteiger partial charge in [-0.25, -0.2) is 0 Å². The van der Waals surface area contributed by atoms with Gasteiger partial charge in [-0.2, -0.15) is 5.10 Å². The van der Waals surface area contributed by atoms with E-state index in [1.54, 1.807) is 7.11 Å². The summed E-state index contributed by atoms with van der Waals surface area (Å²) in [6.45, 7) is 4.76. The van der Waals surface area contributed by atoms with Gasteiger partial charge in [0.1, 0.15) is 0 Å². The number of aromatic amines is 1. The number of H-pyrrole nitrogens is 1. The van der Waals surface area contributed by atoms with Crippen LogP contribution in [0.15, 0.2) is 0 Å². The van der Waals surface area contributed by atoms with Gasteiger partial charge in [0.15, 0.2) is 5.69 Å². The largest absolute Gasteiger partial charge is 0.383 e. The average Bonchev–Trinajstić information content (AvgIpc) is 2.48. The molecule has 78 valence electrons. The van der Waals surface area contributed by atoms with Crippen LogP contribution >= 0.6 is 0 Å². The number of rotatable bonds is 4. The zero-order chi connectivity index (χ0) is 10.6. The second-order valence-electron chi connectivity index (χ2n) is 3.07. The Bertz CT molecular complexity index is 320. The third-order valence-electron chi connectivity index (χ3n) is 2.06. The van der Waals surface area contributed by atoms with Crippen LogP contribution in [0.2, 0.25) is 0 Å². The van der Waals surface area contributed by atoms with Gasteiger partial charge >= 0.3 is 0 Å². The van der Waals surface area contributed by atoms with Crippen molar-refractivity contribution in [2.24, 2.45) is 0 Å². The standard InChI is InChI=1S/C9H15N3O2/c1-6-7(2)11-12-8(6)9(13)10-4-5-14-3/h4-5H2,1-3H3,(H,10,13)(H,11,12). The molecule has 1 rings (SSSR count). The van der Waals surface area contributed by atoms with E-state index in [4.69, 9.17) is 4.74 Å². The summed E-state index contributed by atoms with van der Waals surface area (Å²) in [6.07, 6.45) is 0. The van der Waals surface area contributed by atoms with E-state index in [-0.39, 0.29) is 5.91 Å². The van der Waals surface area contributed by atoms with Gasteiger partial charge in [0.25, 0.3) is 5.91 Å². The molecule has 0 saturated carbocycles. The number of ether oxygens (including phenoxy) is 1. The maximum Gasteiger partial charge on any atom is 0.272 e. The molecule has 1 aromatic rings. The fourth-order valence-corrected chi connectivity index (χ4v) is 1.06. The van der Waals surface area contributed by atoms with E-state index in [9.17, 15) is 4.79 Å². The van der Waals surface area contributed by atoms with Crippen LogP contribution in [-0.2, 0) is 4.74 Å². The third-order valence-corrected chi connectivity index (χ3v) is 2.06. The fraction of sp³-hybridized carbons (Fsp3) is 0.556. The topological polar surface area (TPSA) is 67.0 Å². The van der Waals surface area contributed by atoms with Crippen molar-refractivity contribution in [1.29, 1.82) is 0 Å². The van der Waals surface area contributed by atoms with E-state index in [1.165, 1.54) is 0 Å². The smallest absolute Gasteiger partial charge is 0.272 e. The molecule has 0 unspecified atom stereocenters. The molecule has 14 heavy (non-hydrogen) atoms. The second-order valence-corrected chi connectivity index (χ2v) is 3.07. The molecule has 0 aliphatic carbocycles. The van der Waals surface area contributed by atoms with Gasteiger partial charge in [0, 0.05) is 24.9 Å². The molecule has 1 heterocycles. The van der Waals surface area contributed by atoms with Crippen LogP contribution in [0.3, 0.4) is 0 Å². The fourth-order valence-electron chi connectivity index (χ4n) is 1.06. The molecule has 1 amide bonds. The van der Waals surface area contributed by atoms with Crippen LogP contribution in [0.4, 0.5) is 0 Å². The van der Waals surface area contributed by atoms with Gasteiger partial charge in [-0.15, -0.1) is 0 Å². The summed E-state index contributed by atoms with van der Waals surface area (Å²) in [5.74, 6) is -0.163. The van der Waals surface area contributed by atoms with Gasteiger partial charge < -0.3 is 10.1 Å². The predicted molar refractivity (Wildman–Crippen MR) is 52.3 cm³/mol. The van der Waals surface area contributed by atoms with Crippen LogP contribution in [0, 0.1) is 13.8 Å². The molecule has 0 radical (unpaired) electrons. The summed E-state index contributed by atoms with van der Waals surface area (Å²) >= 11 is 0. The summed E-state index contributed by atoms with van der Waals surface area (Å²) in [4.78, 5) is 11.5. The second kappa shape index (κ2) is 4.76. The zero-order valence-corrected chi connectivity index (χ0v) is 8.68. The van der Waals surface area contributed by atoms with Gasteiger partial charge in [-0.05, 0) is 13.8 Å². The number of carbonyl (C=O) groups excluding carboxylic acids is 1. The molecule has 2 N–H and O–H groups in total. The minimum Gasteiger partial charge on any atom is -0.383 e. The van der Waals surface area contributed by atoms with E-state index in [0.29, 0.717) is 18.8 Å². The van der Waals surface area contributed by atoms with Gasteiger partial charge in [-0.3, -0.25) is 9.89 Å². The van der Waals surface area contributed by atoms with E-state index >= 15 is 0 Å². The van der Waals surface area contributed by atoms with Gasteiger partial charge in [0.2, 0.25) is 0 Å². The Morgan fingerprint density at radius 3 is 2.79 bits per heavy atom. The Hall–Kier alpha value is -1.36. The SMILES string of the molecule is COCCNC(=O)c1n[nH]c(C)c1C. The molecule has 1 aromatic heterocycles. The highest BCUT2D eigenvalue weighted by molar-refractivity contribution is 5.93. The van der Waals surface area contributed by atoms with E-state index in [0.717, 1.165) is 11.3 Å². The zero-order valence-electron chi connectivity index (χ0n) is 8.68. The van der Waals surface area contributed by atoms with Crippen molar-refractivity contribution in [2.75, 3.05) is 20.3 Å². The number of carbonyl (C=O) groups is 1. The third kappa shape index (κ3) is 2.32. The minimum atomic E-state index is -0.163. The normalized spacial score (nSPS) is 10.2. The van der Waals surface area contributed by atoms with Crippen molar-refractivity contribution < 1.29 is 9.53 Å². The maximum atomic E-state index is 11.5. The van der Waals surface area contributed by atoms with Crippen molar-refractivity contribution in [1.82, 2.24) is 15.5 Å². The first kappa shape index (κ1) is 10.7. The van der Waals surface area contributed by atoms with Gasteiger partial charge in [-0.1, -0.05) is 0 Å². The Morgan fingerprint density at radius 1 is 1.57 bits per heavy atom. The molecule has 5 nitrogen and oxygen atoms in total. The lowest BCUT2D eigenvalue weighted by Crippen LogP contribution is -2.27. The monoisotopic (exact) mass is 197 g/mol. The minimum absolute atomic E-state index is 0.163. The first-order valence-corrected chi connectivity index (χ1v) is 4.45. The molecule has 5 heteroatoms. The number of nitrogens with zero attached hydrogens (tertiary/aromatic N) is 1. The van der Waals surface area contributed by atoms with Crippen LogP contribution in [-0.4, -0.2) is 36.4 Å². The molecule has 0 aliphatic rings. The molecular weight excluding hydrogens is 182 g/mol. The summed E-state index contributed by atoms with van der Waals surface area (Å²) in [6, 6.07) is 0. The van der Waals surface area contributed by atoms with Crippen molar-refractivity contribution in [3.8, 4) is 0 Å². The first-order valence-electron chi connectivity index (χ1n) is 4.45. The number of hydrogen-bond donors (Lipinski definition) is 2. The molecule has 0 fully saturated rings. The highest BCUT2D eigenvalue weighted by atomic mass is 16.5. The summed E-state index contributed by atoms with van der Waals surface area (Å²) in [5, 5.41) is 9.39. The summed E-state index contributed by atoms with van der Waals surface area (Å²) in [5.41, 5.74) is 2.26. The molecule has 0 saturated heterocycles. The lowest BCUT2D eigenvalue weighted by atomic mass is 10.2. The molecule has 0 spiro atoms. The predicted octanol–water partition coefficient (Wildman–Crippen LogP) is 0.403. The lowest BCUT2D eigenvalue weighted by Gasteiger charge is -2.02. The van der Waals surface area contributed by atoms with Crippen LogP contribution < -0.4 is 5.32 Å². The average molecular weight is 197 g/mol. The molecule has 0 bridgehead atoms. The quantitative estimate of drug-likeness (QED) is 0.687. The number of aryl methyl sites for hydroxylation is 1. The number of nitrogens with one attached hydrogen (secondary N) is 2. The van der Waals surface area contributed by atoms with Crippen molar-refractivity contribution in [3.63, 3.8) is 0 Å². The maximum absolute atomic E-state index is 11.5. The molecule has 0 aliphatic heterocycles. The summed E-state index contributed by atoms with van der Waals surface area (Å²) < 4.78 is 4.82. The number of aromatic nitrogens is 2. The van der Waals surface area contributed by atoms with Crippen LogP contribution in [0.1, 0.15) is 21.7 Å². The number of amides is 1. The van der Waals surface area contributed by atoms with Crippen LogP contribution in [0.5, 0.6) is 0 Å². The van der Waals surface area contributed by atoms with Crippen molar-refractivity contribution in [2.45, 2.75) is 13.8 Å². The molecular formula is C9H15N3O2. The number of hydrogen-bond acceptors (Lipinski definition) is 3. The van der Waals surface area contributed by atoms with Crippen LogP contribution in [0.25, 0.3) is 0 Å². The summed E-state index contributed by atoms with van der Waals surface area (Å²) in [7, 11) is 1.59. The van der Waals surface area contributed by atoms with E-state index in [1.807, 2.05) is 13.8 Å². The Morgan fingerprint density at radius 2 is 2.29 bits per heavy atom. The van der Waals surface area contributed by atoms with E-state index < -0.39 is 0 Å².